The first-order valence-electron chi connectivity index (χ1n) is 2.42. The lowest BCUT2D eigenvalue weighted by Crippen LogP contribution is -2.18. The molecule has 0 radical (unpaired) electrons. The van der Waals surface area contributed by atoms with Gasteiger partial charge in [0.05, 0.1) is 0 Å². The van der Waals surface area contributed by atoms with Gasteiger partial charge in [-0.15, -0.1) is 0 Å². The van der Waals surface area contributed by atoms with Crippen molar-refractivity contribution < 1.29 is 0 Å². The Kier molecular flexibility index (Phi) is 0.539. The predicted octanol–water partition coefficient (Wildman–Crippen LogP) is 0.744. The van der Waals surface area contributed by atoms with Crippen molar-refractivity contribution in [2.75, 3.05) is 0 Å². The summed E-state index contributed by atoms with van der Waals surface area (Å²) in [5, 5.41) is 0. The summed E-state index contributed by atoms with van der Waals surface area (Å²) in [6, 6.07) is 0. The van der Waals surface area contributed by atoms with Gasteiger partial charge in [-0.25, -0.2) is 0 Å². The van der Waals surface area contributed by atoms with Crippen LogP contribution in [0.1, 0.15) is 20.3 Å². The highest BCUT2D eigenvalue weighted by Gasteiger charge is 2.42. The van der Waals surface area contributed by atoms with Gasteiger partial charge in [-0.05, 0) is 19.3 Å². The molecule has 1 nitrogen and oxygen atoms in total. The second-order valence-electron chi connectivity index (χ2n) is 2.61. The van der Waals surface area contributed by atoms with E-state index in [-0.39, 0.29) is 5.54 Å². The standard InChI is InChI=1S/C5H11N/c1-4-3-5(4,2)6/h4H,3,6H2,1-2H3/t4-,5+/m1/s1. The molecule has 0 aromatic heterocycles. The van der Waals surface area contributed by atoms with E-state index in [9.17, 15) is 0 Å². The zero-order chi connectivity index (χ0) is 4.78. The fourth-order valence-electron chi connectivity index (χ4n) is 0.601. The Balaban J connectivity index is 2.41. The molecule has 0 saturated heterocycles. The first kappa shape index (κ1) is 4.13. The summed E-state index contributed by atoms with van der Waals surface area (Å²) < 4.78 is 0. The lowest BCUT2D eigenvalue weighted by Gasteiger charge is -1.93. The number of hydrogen-bond donors (Lipinski definition) is 1. The predicted molar refractivity (Wildman–Crippen MR) is 26.4 cm³/mol. The zero-order valence-electron chi connectivity index (χ0n) is 4.36. The van der Waals surface area contributed by atoms with Gasteiger partial charge in [-0.1, -0.05) is 6.92 Å². The Labute approximate surface area is 38.5 Å². The van der Waals surface area contributed by atoms with Crippen LogP contribution in [0.25, 0.3) is 0 Å². The van der Waals surface area contributed by atoms with Gasteiger partial charge in [0, 0.05) is 5.54 Å². The molecule has 6 heavy (non-hydrogen) atoms. The average Bonchev–Trinajstić information content (AvgIpc) is 1.73. The smallest absolute Gasteiger partial charge is 0.0155 e. The van der Waals surface area contributed by atoms with Crippen molar-refractivity contribution in [1.29, 1.82) is 0 Å². The largest absolute Gasteiger partial charge is 0.325 e. The van der Waals surface area contributed by atoms with Crippen LogP contribution in [0, 0.1) is 5.92 Å². The maximum atomic E-state index is 5.61. The molecule has 2 atom stereocenters. The lowest BCUT2D eigenvalue weighted by molar-refractivity contribution is 0.686. The molecule has 0 spiro atoms. The van der Waals surface area contributed by atoms with E-state index in [1.807, 2.05) is 0 Å². The SMILES string of the molecule is C[C@@H]1C[C@]1(C)N. The maximum Gasteiger partial charge on any atom is 0.0155 e. The van der Waals surface area contributed by atoms with E-state index in [1.54, 1.807) is 0 Å². The molecule has 0 aromatic rings. The van der Waals surface area contributed by atoms with Crippen molar-refractivity contribution in [2.24, 2.45) is 11.7 Å². The Morgan fingerprint density at radius 2 is 2.00 bits per heavy atom. The van der Waals surface area contributed by atoms with Crippen LogP contribution in [0.5, 0.6) is 0 Å². The molecule has 1 fully saturated rings. The summed E-state index contributed by atoms with van der Waals surface area (Å²) in [6.07, 6.45) is 1.22. The summed E-state index contributed by atoms with van der Waals surface area (Å²) >= 11 is 0. The molecule has 36 valence electrons. The minimum absolute atomic E-state index is 0.208. The molecule has 1 saturated carbocycles. The second kappa shape index (κ2) is 0.784. The van der Waals surface area contributed by atoms with Gasteiger partial charge in [-0.2, -0.15) is 0 Å². The maximum absolute atomic E-state index is 5.61. The van der Waals surface area contributed by atoms with Crippen LogP contribution < -0.4 is 5.73 Å². The molecule has 0 heterocycles. The van der Waals surface area contributed by atoms with Crippen molar-refractivity contribution in [3.63, 3.8) is 0 Å². The summed E-state index contributed by atoms with van der Waals surface area (Å²) in [6.45, 7) is 4.28. The summed E-state index contributed by atoms with van der Waals surface area (Å²) in [5.41, 5.74) is 5.82. The molecule has 1 aliphatic carbocycles. The van der Waals surface area contributed by atoms with Gasteiger partial charge in [0.15, 0.2) is 0 Å². The van der Waals surface area contributed by atoms with E-state index in [1.165, 1.54) is 6.42 Å². The monoisotopic (exact) mass is 85.1 g/mol. The molecule has 0 unspecified atom stereocenters. The van der Waals surface area contributed by atoms with Crippen LogP contribution in [0.2, 0.25) is 0 Å². The number of hydrogen-bond acceptors (Lipinski definition) is 1. The Morgan fingerprint density at radius 1 is 1.83 bits per heavy atom. The third kappa shape index (κ3) is 0.432. The fraction of sp³-hybridized carbons (Fsp3) is 1.00. The highest BCUT2D eigenvalue weighted by molar-refractivity contribution is 5.00. The topological polar surface area (TPSA) is 26.0 Å². The quantitative estimate of drug-likeness (QED) is 0.461. The summed E-state index contributed by atoms with van der Waals surface area (Å²) in [5.74, 6) is 0.775. The van der Waals surface area contributed by atoms with Crippen LogP contribution in [0.15, 0.2) is 0 Å². The Morgan fingerprint density at radius 3 is 2.00 bits per heavy atom. The minimum atomic E-state index is 0.208. The third-order valence-corrected chi connectivity index (χ3v) is 1.71. The molecule has 0 aliphatic heterocycles. The zero-order valence-corrected chi connectivity index (χ0v) is 4.36. The Bertz CT molecular complexity index is 66.3. The van der Waals surface area contributed by atoms with Crippen LogP contribution in [-0.4, -0.2) is 5.54 Å². The van der Waals surface area contributed by atoms with Gasteiger partial charge >= 0.3 is 0 Å². The summed E-state index contributed by atoms with van der Waals surface area (Å²) in [7, 11) is 0. The fourth-order valence-corrected chi connectivity index (χ4v) is 0.601. The number of nitrogens with two attached hydrogens (primary N) is 1. The molecule has 1 heteroatoms. The van der Waals surface area contributed by atoms with Crippen LogP contribution >= 0.6 is 0 Å². The molecular weight excluding hydrogens is 74.1 g/mol. The van der Waals surface area contributed by atoms with Crippen molar-refractivity contribution >= 4 is 0 Å². The molecule has 2 N–H and O–H groups in total. The van der Waals surface area contributed by atoms with Gasteiger partial charge in [0.2, 0.25) is 0 Å². The second-order valence-corrected chi connectivity index (χ2v) is 2.61. The molecule has 0 bridgehead atoms. The van der Waals surface area contributed by atoms with Gasteiger partial charge < -0.3 is 5.73 Å². The first-order chi connectivity index (χ1) is 2.63. The molecule has 0 aromatic carbocycles. The summed E-state index contributed by atoms with van der Waals surface area (Å²) in [4.78, 5) is 0. The van der Waals surface area contributed by atoms with Crippen LogP contribution in [0.3, 0.4) is 0 Å². The van der Waals surface area contributed by atoms with E-state index in [0.29, 0.717) is 0 Å². The first-order valence-corrected chi connectivity index (χ1v) is 2.42. The van der Waals surface area contributed by atoms with Gasteiger partial charge in [0.1, 0.15) is 0 Å². The van der Waals surface area contributed by atoms with Crippen LogP contribution in [0.4, 0.5) is 0 Å². The van der Waals surface area contributed by atoms with Gasteiger partial charge in [-0.3, -0.25) is 0 Å². The molecule has 1 aliphatic rings. The van der Waals surface area contributed by atoms with Crippen molar-refractivity contribution in [3.05, 3.63) is 0 Å². The number of rotatable bonds is 0. The average molecular weight is 85.2 g/mol. The van der Waals surface area contributed by atoms with E-state index in [2.05, 4.69) is 13.8 Å². The van der Waals surface area contributed by atoms with Crippen molar-refractivity contribution in [1.82, 2.24) is 0 Å². The van der Waals surface area contributed by atoms with Crippen molar-refractivity contribution in [3.8, 4) is 0 Å². The molecule has 1 rings (SSSR count). The third-order valence-electron chi connectivity index (χ3n) is 1.71. The normalized spacial score (nSPS) is 55.5. The molecule has 0 amide bonds. The van der Waals surface area contributed by atoms with Crippen LogP contribution in [-0.2, 0) is 0 Å². The highest BCUT2D eigenvalue weighted by atomic mass is 14.8. The Hall–Kier alpha value is -0.0400. The minimum Gasteiger partial charge on any atom is -0.325 e. The van der Waals surface area contributed by atoms with E-state index in [4.69, 9.17) is 5.73 Å². The van der Waals surface area contributed by atoms with Crippen molar-refractivity contribution in [2.45, 2.75) is 25.8 Å². The van der Waals surface area contributed by atoms with E-state index in [0.717, 1.165) is 5.92 Å². The molecular formula is C5H11N. The highest BCUT2D eigenvalue weighted by Crippen LogP contribution is 2.39. The van der Waals surface area contributed by atoms with E-state index >= 15 is 0 Å². The van der Waals surface area contributed by atoms with Gasteiger partial charge in [0.25, 0.3) is 0 Å². The van der Waals surface area contributed by atoms with E-state index < -0.39 is 0 Å². The lowest BCUT2D eigenvalue weighted by atomic mass is 10.3.